The Hall–Kier alpha value is -4.11. The van der Waals surface area contributed by atoms with Crippen LogP contribution in [0, 0.1) is 0 Å². The van der Waals surface area contributed by atoms with Gasteiger partial charge in [-0.1, -0.05) is 5.16 Å². The number of carbonyl (C=O) groups is 4. The van der Waals surface area contributed by atoms with Crippen LogP contribution in [0.2, 0.25) is 0 Å². The van der Waals surface area contributed by atoms with Gasteiger partial charge in [-0.2, -0.15) is 4.57 Å². The molecule has 1 fully saturated rings. The number of thioether (sulfide) groups is 1. The fraction of sp³-hybridized carbons (Fsp3) is 0.400. The lowest BCUT2D eigenvalue weighted by Crippen LogP contribution is -2.71. The monoisotopic (exact) mass is 685 g/mol. The number of nitrogens with zero attached hydrogens (tertiary/aromatic N) is 5. The molecular formula is C25H31N7O10S3. The summed E-state index contributed by atoms with van der Waals surface area (Å²) in [6.45, 7) is -0.0778. The number of ether oxygens (including phenoxy) is 2. The Bertz CT molecular complexity index is 1620. The van der Waals surface area contributed by atoms with Crippen LogP contribution >= 0.6 is 23.1 Å². The van der Waals surface area contributed by atoms with Crippen molar-refractivity contribution in [2.45, 2.75) is 18.1 Å². The molecule has 45 heavy (non-hydrogen) atoms. The molecule has 20 heteroatoms. The van der Waals surface area contributed by atoms with Gasteiger partial charge in [0.1, 0.15) is 35.5 Å². The highest BCUT2D eigenvalue weighted by molar-refractivity contribution is 8.00. The zero-order valence-electron chi connectivity index (χ0n) is 24.8. The van der Waals surface area contributed by atoms with Gasteiger partial charge in [0.25, 0.3) is 24.5 Å². The van der Waals surface area contributed by atoms with Gasteiger partial charge < -0.3 is 34.8 Å². The summed E-state index contributed by atoms with van der Waals surface area (Å²) in [5, 5.41) is 7.64. The number of nitrogens with one attached hydrogen (secondary N) is 1. The van der Waals surface area contributed by atoms with Gasteiger partial charge in [0.2, 0.25) is 0 Å². The molecule has 4 heterocycles. The van der Waals surface area contributed by atoms with Gasteiger partial charge in [-0.25, -0.2) is 18.2 Å². The summed E-state index contributed by atoms with van der Waals surface area (Å²) in [5.74, 6) is -1.72. The fourth-order valence-corrected chi connectivity index (χ4v) is 5.92. The number of hydrogen-bond acceptors (Lipinski definition) is 15. The SMILES string of the molecule is COCC1=C(C(=O)OC[n+]2cccc(C(=O)N(C)C)c2)N2C(=O)[C@@H](NC(=O)C(=NOC)c3csc(N)n3)[C@H]2SC1.CS(=O)(=O)[O-]. The molecule has 3 N–H and O–H groups in total. The predicted molar refractivity (Wildman–Crippen MR) is 160 cm³/mol. The normalized spacial score (nSPS) is 17.8. The van der Waals surface area contributed by atoms with Crippen molar-refractivity contribution < 1.29 is 51.0 Å². The van der Waals surface area contributed by atoms with E-state index in [1.807, 2.05) is 0 Å². The molecule has 2 aromatic rings. The summed E-state index contributed by atoms with van der Waals surface area (Å²) in [6.07, 6.45) is 3.82. The maximum atomic E-state index is 13.3. The molecule has 4 rings (SSSR count). The zero-order chi connectivity index (χ0) is 33.5. The van der Waals surface area contributed by atoms with Gasteiger partial charge in [0.05, 0.1) is 16.7 Å². The molecule has 2 aromatic heterocycles. The average molecular weight is 686 g/mol. The number of esters is 1. The third-order valence-electron chi connectivity index (χ3n) is 5.86. The minimum atomic E-state index is -3.92. The van der Waals surface area contributed by atoms with Crippen LogP contribution in [0.15, 0.2) is 46.3 Å². The number of methoxy groups -OCH3 is 1. The molecule has 0 saturated carbocycles. The van der Waals surface area contributed by atoms with Crippen molar-refractivity contribution in [2.75, 3.05) is 52.7 Å². The Kier molecular flexibility index (Phi) is 12.0. The van der Waals surface area contributed by atoms with E-state index in [0.29, 0.717) is 23.1 Å². The van der Waals surface area contributed by atoms with Crippen LogP contribution in [0.25, 0.3) is 0 Å². The Balaban J connectivity index is 0.00000102. The van der Waals surface area contributed by atoms with Gasteiger partial charge >= 0.3 is 5.97 Å². The molecule has 0 aromatic carbocycles. The van der Waals surface area contributed by atoms with Crippen LogP contribution < -0.4 is 15.6 Å². The molecule has 2 atom stereocenters. The first-order chi connectivity index (χ1) is 21.2. The molecule has 0 radical (unpaired) electrons. The first-order valence-corrected chi connectivity index (χ1v) is 16.5. The second-order valence-corrected chi connectivity index (χ2v) is 12.9. The summed E-state index contributed by atoms with van der Waals surface area (Å²) >= 11 is 2.51. The molecule has 0 spiro atoms. The first kappa shape index (κ1) is 35.4. The van der Waals surface area contributed by atoms with Gasteiger partial charge in [-0.15, -0.1) is 23.1 Å². The number of nitrogen functional groups attached to an aromatic ring is 1. The standard InChI is InChI=1S/C24H27N7O7S2.CH4O3S/c1-29(2)20(33)13-6-5-7-30(8-13)12-38-23(35)18-14(9-36-3)10-39-22-17(21(34)31(18)22)27-19(32)16(28-37-4)15-11-40-24(25)26-15;1-5(2,3)4/h5-8,11,17,22H,9-10,12H2,1-4H3,(H2-,25,26,27,32);1H3,(H,2,3,4)/t17-,22-;/m1./s1. The number of oxime groups is 1. The smallest absolute Gasteiger partial charge is 0.359 e. The van der Waals surface area contributed by atoms with Crippen molar-refractivity contribution in [1.29, 1.82) is 0 Å². The molecule has 17 nitrogen and oxygen atoms in total. The molecule has 1 saturated heterocycles. The van der Waals surface area contributed by atoms with Gasteiger partial charge in [0, 0.05) is 44.7 Å². The number of nitrogens with two attached hydrogens (primary N) is 1. The van der Waals surface area contributed by atoms with Crippen molar-refractivity contribution in [3.63, 3.8) is 0 Å². The predicted octanol–water partition coefficient (Wildman–Crippen LogP) is -1.27. The number of pyridine rings is 1. The van der Waals surface area contributed by atoms with Gasteiger partial charge in [-0.05, 0) is 11.6 Å². The molecular weight excluding hydrogens is 655 g/mol. The zero-order valence-corrected chi connectivity index (χ0v) is 27.2. The van der Waals surface area contributed by atoms with Crippen molar-refractivity contribution in [1.82, 2.24) is 20.1 Å². The summed E-state index contributed by atoms with van der Waals surface area (Å²) in [5.41, 5.74) is 6.82. The Morgan fingerprint density at radius 2 is 2.00 bits per heavy atom. The number of rotatable bonds is 10. The molecule has 3 amide bonds. The minimum absolute atomic E-state index is 0.0697. The van der Waals surface area contributed by atoms with Crippen LogP contribution in [-0.4, -0.2) is 116 Å². The lowest BCUT2D eigenvalue weighted by Gasteiger charge is -2.49. The van der Waals surface area contributed by atoms with E-state index < -0.39 is 39.3 Å². The van der Waals surface area contributed by atoms with Crippen molar-refractivity contribution in [2.24, 2.45) is 5.16 Å². The minimum Gasteiger partial charge on any atom is -0.748 e. The second kappa shape index (κ2) is 15.3. The van der Waals surface area contributed by atoms with E-state index in [1.165, 1.54) is 35.8 Å². The van der Waals surface area contributed by atoms with E-state index in [-0.39, 0.29) is 41.5 Å². The molecule has 2 aliphatic rings. The summed E-state index contributed by atoms with van der Waals surface area (Å²) < 4.78 is 39.6. The van der Waals surface area contributed by atoms with Gasteiger partial charge in [0.15, 0.2) is 23.2 Å². The Labute approximate surface area is 266 Å². The van der Waals surface area contributed by atoms with E-state index in [4.69, 9.17) is 33.0 Å². The molecule has 0 unspecified atom stereocenters. The molecule has 244 valence electrons. The van der Waals surface area contributed by atoms with E-state index in [2.05, 4.69) is 15.5 Å². The summed E-state index contributed by atoms with van der Waals surface area (Å²) in [7, 11) is 2.13. The summed E-state index contributed by atoms with van der Waals surface area (Å²) in [6, 6.07) is 2.40. The number of aromatic nitrogens is 2. The maximum absolute atomic E-state index is 13.3. The average Bonchev–Trinajstić information content (AvgIpc) is 3.41. The number of carbonyl (C=O) groups excluding carboxylic acids is 4. The first-order valence-electron chi connectivity index (χ1n) is 12.7. The van der Waals surface area contributed by atoms with Crippen LogP contribution in [0.5, 0.6) is 0 Å². The largest absolute Gasteiger partial charge is 0.748 e. The highest BCUT2D eigenvalue weighted by Crippen LogP contribution is 2.40. The number of fused-ring (bicyclic) bond motifs is 1. The third kappa shape index (κ3) is 9.20. The Morgan fingerprint density at radius 1 is 1.31 bits per heavy atom. The highest BCUT2D eigenvalue weighted by Gasteiger charge is 2.54. The van der Waals surface area contributed by atoms with E-state index >= 15 is 0 Å². The van der Waals surface area contributed by atoms with Crippen molar-refractivity contribution >= 4 is 67.8 Å². The third-order valence-corrected chi connectivity index (χ3v) is 7.88. The van der Waals surface area contributed by atoms with Crippen molar-refractivity contribution in [3.8, 4) is 0 Å². The van der Waals surface area contributed by atoms with Gasteiger partial charge in [-0.3, -0.25) is 19.3 Å². The summed E-state index contributed by atoms with van der Waals surface area (Å²) in [4.78, 5) is 63.3. The molecule has 0 aliphatic carbocycles. The van der Waals surface area contributed by atoms with E-state index in [1.54, 1.807) is 48.6 Å². The van der Waals surface area contributed by atoms with Crippen LogP contribution in [0.1, 0.15) is 16.1 Å². The Morgan fingerprint density at radius 3 is 2.58 bits per heavy atom. The number of amides is 3. The van der Waals surface area contributed by atoms with Crippen LogP contribution in [-0.2, 0) is 45.5 Å². The number of thiazole rings is 1. The molecule has 0 bridgehead atoms. The van der Waals surface area contributed by atoms with E-state index in [0.717, 1.165) is 11.3 Å². The lowest BCUT2D eigenvalue weighted by atomic mass is 10.0. The second-order valence-electron chi connectivity index (χ2n) is 9.51. The quantitative estimate of drug-likeness (QED) is 0.0744. The lowest BCUT2D eigenvalue weighted by molar-refractivity contribution is -0.727. The fourth-order valence-electron chi connectivity index (χ4n) is 4.05. The van der Waals surface area contributed by atoms with Crippen LogP contribution in [0.4, 0.5) is 5.13 Å². The van der Waals surface area contributed by atoms with Crippen LogP contribution in [0.3, 0.4) is 0 Å². The topological polar surface area (TPSA) is 227 Å². The number of hydrogen-bond donors (Lipinski definition) is 2. The number of anilines is 1. The maximum Gasteiger partial charge on any atom is 0.359 e. The highest BCUT2D eigenvalue weighted by atomic mass is 32.2. The molecule has 2 aliphatic heterocycles. The number of β-lactam (4-membered cyclic amide) rings is 1. The van der Waals surface area contributed by atoms with Crippen molar-refractivity contribution in [3.05, 3.63) is 52.4 Å². The van der Waals surface area contributed by atoms with E-state index in [9.17, 15) is 19.2 Å².